The molecule has 20 heavy (non-hydrogen) atoms. The van der Waals surface area contributed by atoms with E-state index >= 15 is 0 Å². The molecule has 102 valence electrons. The summed E-state index contributed by atoms with van der Waals surface area (Å²) < 4.78 is 23.9. The van der Waals surface area contributed by atoms with Gasteiger partial charge in [0.2, 0.25) is 0 Å². The van der Waals surface area contributed by atoms with Crippen LogP contribution in [0.4, 0.5) is 15.8 Å². The molecule has 1 aliphatic heterocycles. The Balaban J connectivity index is 1.94. The van der Waals surface area contributed by atoms with E-state index < -0.39 is 5.82 Å². The lowest BCUT2D eigenvalue weighted by atomic mass is 10.2. The van der Waals surface area contributed by atoms with E-state index in [1.807, 2.05) is 0 Å². The number of anilines is 2. The van der Waals surface area contributed by atoms with Gasteiger partial charge in [-0.3, -0.25) is 4.79 Å². The van der Waals surface area contributed by atoms with E-state index in [1.54, 1.807) is 18.2 Å². The third-order valence-electron chi connectivity index (χ3n) is 2.77. The van der Waals surface area contributed by atoms with Crippen molar-refractivity contribution in [1.82, 2.24) is 0 Å². The highest BCUT2D eigenvalue weighted by molar-refractivity contribution is 5.96. The van der Waals surface area contributed by atoms with Crippen LogP contribution in [0.25, 0.3) is 0 Å². The molecule has 1 heterocycles. The number of hydrogen-bond acceptors (Lipinski definition) is 4. The van der Waals surface area contributed by atoms with Gasteiger partial charge in [-0.05, 0) is 12.1 Å². The fraction of sp³-hybridized carbons (Fsp3) is 0.0714. The summed E-state index contributed by atoms with van der Waals surface area (Å²) in [4.78, 5) is 11.3. The fourth-order valence-electron chi connectivity index (χ4n) is 1.87. The molecule has 3 rings (SSSR count). The van der Waals surface area contributed by atoms with Crippen molar-refractivity contribution < 1.29 is 18.7 Å². The molecule has 0 bridgehead atoms. The minimum Gasteiger partial charge on any atom is -0.481 e. The van der Waals surface area contributed by atoms with Crippen molar-refractivity contribution >= 4 is 17.3 Å². The second-order valence-electron chi connectivity index (χ2n) is 4.28. The van der Waals surface area contributed by atoms with Gasteiger partial charge in [0.25, 0.3) is 5.91 Å². The molecule has 2 aromatic rings. The highest BCUT2D eigenvalue weighted by Gasteiger charge is 2.18. The van der Waals surface area contributed by atoms with Crippen molar-refractivity contribution in [3.63, 3.8) is 0 Å². The van der Waals surface area contributed by atoms with E-state index in [4.69, 9.17) is 15.2 Å². The zero-order chi connectivity index (χ0) is 14.1. The van der Waals surface area contributed by atoms with Crippen molar-refractivity contribution in [3.8, 4) is 17.2 Å². The number of benzene rings is 2. The maximum atomic E-state index is 13.1. The van der Waals surface area contributed by atoms with Crippen molar-refractivity contribution in [1.29, 1.82) is 0 Å². The average Bonchev–Trinajstić information content (AvgIpc) is 2.40. The third-order valence-corrected chi connectivity index (χ3v) is 2.77. The van der Waals surface area contributed by atoms with Crippen LogP contribution in [-0.4, -0.2) is 12.5 Å². The van der Waals surface area contributed by atoms with E-state index in [0.717, 1.165) is 0 Å². The van der Waals surface area contributed by atoms with Crippen LogP contribution in [0.15, 0.2) is 36.4 Å². The van der Waals surface area contributed by atoms with Gasteiger partial charge in [-0.1, -0.05) is 6.07 Å². The number of halogens is 1. The second kappa shape index (κ2) is 4.73. The van der Waals surface area contributed by atoms with Gasteiger partial charge < -0.3 is 20.5 Å². The normalized spacial score (nSPS) is 13.2. The molecule has 2 aromatic carbocycles. The van der Waals surface area contributed by atoms with Gasteiger partial charge >= 0.3 is 0 Å². The van der Waals surface area contributed by atoms with Crippen molar-refractivity contribution in [2.24, 2.45) is 0 Å². The van der Waals surface area contributed by atoms with Gasteiger partial charge in [-0.25, -0.2) is 4.39 Å². The van der Waals surface area contributed by atoms with Crippen LogP contribution >= 0.6 is 0 Å². The molecule has 1 amide bonds. The first-order chi connectivity index (χ1) is 9.61. The summed E-state index contributed by atoms with van der Waals surface area (Å²) in [6.45, 7) is -0.0451. The molecule has 0 radical (unpaired) electrons. The molecule has 5 nitrogen and oxygen atoms in total. The highest BCUT2D eigenvalue weighted by atomic mass is 19.1. The summed E-state index contributed by atoms with van der Waals surface area (Å²) in [5.41, 5.74) is 6.66. The minimum absolute atomic E-state index is 0.0451. The van der Waals surface area contributed by atoms with E-state index in [0.29, 0.717) is 28.6 Å². The zero-order valence-corrected chi connectivity index (χ0v) is 10.4. The van der Waals surface area contributed by atoms with E-state index in [-0.39, 0.29) is 12.5 Å². The SMILES string of the molecule is Nc1cc2c(cc1Oc1cccc(F)c1)NC(=O)CO2. The topological polar surface area (TPSA) is 73.6 Å². The molecule has 0 unspecified atom stereocenters. The summed E-state index contributed by atoms with van der Waals surface area (Å²) in [6.07, 6.45) is 0. The molecular formula is C14H11FN2O3. The van der Waals surface area contributed by atoms with Crippen LogP contribution in [0.1, 0.15) is 0 Å². The number of nitrogens with one attached hydrogen (secondary N) is 1. The van der Waals surface area contributed by atoms with Gasteiger partial charge in [0.15, 0.2) is 12.4 Å². The molecule has 0 saturated heterocycles. The zero-order valence-electron chi connectivity index (χ0n) is 10.4. The molecule has 0 aromatic heterocycles. The van der Waals surface area contributed by atoms with Crippen LogP contribution in [0, 0.1) is 5.82 Å². The van der Waals surface area contributed by atoms with Crippen LogP contribution in [0.5, 0.6) is 17.2 Å². The van der Waals surface area contributed by atoms with Gasteiger partial charge in [0.1, 0.15) is 17.3 Å². The summed E-state index contributed by atoms with van der Waals surface area (Å²) in [6, 6.07) is 8.81. The smallest absolute Gasteiger partial charge is 0.262 e. The number of carbonyl (C=O) groups is 1. The molecule has 1 aliphatic rings. The van der Waals surface area contributed by atoms with Crippen LogP contribution in [0.2, 0.25) is 0 Å². The molecule has 3 N–H and O–H groups in total. The Morgan fingerprint density at radius 2 is 2.15 bits per heavy atom. The summed E-state index contributed by atoms with van der Waals surface area (Å²) in [7, 11) is 0. The first-order valence-electron chi connectivity index (χ1n) is 5.91. The monoisotopic (exact) mass is 274 g/mol. The number of ether oxygens (including phenoxy) is 2. The Morgan fingerprint density at radius 3 is 2.95 bits per heavy atom. The molecule has 0 aliphatic carbocycles. The van der Waals surface area contributed by atoms with Gasteiger partial charge in [-0.15, -0.1) is 0 Å². The molecule has 0 fully saturated rings. The van der Waals surface area contributed by atoms with Crippen molar-refractivity contribution in [3.05, 3.63) is 42.2 Å². The van der Waals surface area contributed by atoms with E-state index in [9.17, 15) is 9.18 Å². The first kappa shape index (κ1) is 12.3. The molecular weight excluding hydrogens is 263 g/mol. The number of amides is 1. The summed E-state index contributed by atoms with van der Waals surface area (Å²) in [5.74, 6) is 0.461. The molecule has 0 atom stereocenters. The maximum Gasteiger partial charge on any atom is 0.262 e. The Kier molecular flexibility index (Phi) is 2.90. The first-order valence-corrected chi connectivity index (χ1v) is 5.91. The predicted molar refractivity (Wildman–Crippen MR) is 71.5 cm³/mol. The van der Waals surface area contributed by atoms with Crippen LogP contribution in [-0.2, 0) is 4.79 Å². The lowest BCUT2D eigenvalue weighted by Crippen LogP contribution is -2.25. The number of hydrogen-bond donors (Lipinski definition) is 2. The second-order valence-corrected chi connectivity index (χ2v) is 4.28. The Labute approximate surface area is 114 Å². The van der Waals surface area contributed by atoms with Crippen LogP contribution in [0.3, 0.4) is 0 Å². The largest absolute Gasteiger partial charge is 0.481 e. The van der Waals surface area contributed by atoms with Gasteiger partial charge in [-0.2, -0.15) is 0 Å². The van der Waals surface area contributed by atoms with Gasteiger partial charge in [0, 0.05) is 18.2 Å². The quantitative estimate of drug-likeness (QED) is 0.825. The lowest BCUT2D eigenvalue weighted by molar-refractivity contribution is -0.118. The van der Waals surface area contributed by atoms with Gasteiger partial charge in [0.05, 0.1) is 11.4 Å². The molecule has 0 spiro atoms. The Bertz CT molecular complexity index is 688. The summed E-state index contributed by atoms with van der Waals surface area (Å²) in [5, 5.41) is 2.65. The van der Waals surface area contributed by atoms with Crippen molar-refractivity contribution in [2.45, 2.75) is 0 Å². The number of carbonyl (C=O) groups excluding carboxylic acids is 1. The maximum absolute atomic E-state index is 13.1. The lowest BCUT2D eigenvalue weighted by Gasteiger charge is -2.19. The van der Waals surface area contributed by atoms with Crippen LogP contribution < -0.4 is 20.5 Å². The minimum atomic E-state index is -0.407. The van der Waals surface area contributed by atoms with Crippen molar-refractivity contribution in [2.75, 3.05) is 17.7 Å². The number of nitrogens with two attached hydrogens (primary N) is 1. The number of fused-ring (bicyclic) bond motifs is 1. The predicted octanol–water partition coefficient (Wildman–Crippen LogP) is 2.53. The Morgan fingerprint density at radius 1 is 1.30 bits per heavy atom. The summed E-state index contributed by atoms with van der Waals surface area (Å²) >= 11 is 0. The number of rotatable bonds is 2. The highest BCUT2D eigenvalue weighted by Crippen LogP contribution is 2.38. The standard InChI is InChI=1S/C14H11FN2O3/c15-8-2-1-3-9(4-8)20-12-6-11-13(5-10(12)16)19-7-14(18)17-11/h1-6H,7,16H2,(H,17,18). The fourth-order valence-corrected chi connectivity index (χ4v) is 1.87. The Hall–Kier alpha value is -2.76. The third kappa shape index (κ3) is 2.35. The van der Waals surface area contributed by atoms with E-state index in [1.165, 1.54) is 18.2 Å². The van der Waals surface area contributed by atoms with E-state index in [2.05, 4.69) is 5.32 Å². The number of nitrogen functional groups attached to an aromatic ring is 1. The molecule has 6 heteroatoms. The average molecular weight is 274 g/mol. The molecule has 0 saturated carbocycles.